The highest BCUT2D eigenvalue weighted by Gasteiger charge is 2.33. The van der Waals surface area contributed by atoms with E-state index in [2.05, 4.69) is 10.6 Å². The Morgan fingerprint density at radius 3 is 2.20 bits per heavy atom. The molecule has 7 heteroatoms. The molecular formula is C28H33N3O4. The molecule has 0 fully saturated rings. The first kappa shape index (κ1) is 25.7. The fourth-order valence-electron chi connectivity index (χ4n) is 3.88. The van der Waals surface area contributed by atoms with Crippen molar-refractivity contribution in [3.05, 3.63) is 77.9 Å². The summed E-state index contributed by atoms with van der Waals surface area (Å²) in [6.45, 7) is 8.70. The van der Waals surface area contributed by atoms with Crippen molar-refractivity contribution >= 4 is 34.4 Å². The number of carbonyl (C=O) groups is 3. The van der Waals surface area contributed by atoms with Crippen molar-refractivity contribution in [2.24, 2.45) is 0 Å². The second kappa shape index (κ2) is 10.6. The number of anilines is 1. The molecule has 3 rings (SSSR count). The van der Waals surface area contributed by atoms with Gasteiger partial charge in [0.2, 0.25) is 5.91 Å². The van der Waals surface area contributed by atoms with E-state index < -0.39 is 29.7 Å². The molecule has 0 saturated carbocycles. The Bertz CT molecular complexity index is 1230. The Morgan fingerprint density at radius 2 is 1.54 bits per heavy atom. The van der Waals surface area contributed by atoms with Crippen LogP contribution in [0.1, 0.15) is 44.9 Å². The topological polar surface area (TPSA) is 87.7 Å². The molecule has 0 bridgehead atoms. The van der Waals surface area contributed by atoms with Crippen molar-refractivity contribution in [1.82, 2.24) is 10.2 Å². The largest absolute Gasteiger partial charge is 0.444 e. The van der Waals surface area contributed by atoms with Crippen LogP contribution in [0.4, 0.5) is 10.5 Å². The van der Waals surface area contributed by atoms with Gasteiger partial charge in [0.05, 0.1) is 0 Å². The van der Waals surface area contributed by atoms with Crippen LogP contribution in [0.3, 0.4) is 0 Å². The summed E-state index contributed by atoms with van der Waals surface area (Å²) in [6.07, 6.45) is -0.695. The third kappa shape index (κ3) is 6.59. The van der Waals surface area contributed by atoms with Crippen LogP contribution in [0.2, 0.25) is 0 Å². The molecule has 0 heterocycles. The van der Waals surface area contributed by atoms with E-state index in [1.165, 1.54) is 4.90 Å². The molecule has 35 heavy (non-hydrogen) atoms. The lowest BCUT2D eigenvalue weighted by Crippen LogP contribution is -2.49. The highest BCUT2D eigenvalue weighted by atomic mass is 16.6. The van der Waals surface area contributed by atoms with E-state index in [-0.39, 0.29) is 5.91 Å². The van der Waals surface area contributed by atoms with E-state index in [4.69, 9.17) is 4.74 Å². The summed E-state index contributed by atoms with van der Waals surface area (Å²) in [5.74, 6) is -0.771. The Balaban J connectivity index is 1.86. The van der Waals surface area contributed by atoms with Gasteiger partial charge in [-0.15, -0.1) is 0 Å². The zero-order valence-corrected chi connectivity index (χ0v) is 21.1. The summed E-state index contributed by atoms with van der Waals surface area (Å²) >= 11 is 0. The Labute approximate surface area is 206 Å². The molecule has 0 aliphatic rings. The monoisotopic (exact) mass is 475 g/mol. The number of ether oxygens (including phenoxy) is 1. The second-order valence-electron chi connectivity index (χ2n) is 9.63. The first-order valence-electron chi connectivity index (χ1n) is 11.6. The van der Waals surface area contributed by atoms with E-state index in [1.54, 1.807) is 34.7 Å². The predicted molar refractivity (Wildman–Crippen MR) is 138 cm³/mol. The first-order valence-corrected chi connectivity index (χ1v) is 11.6. The maximum atomic E-state index is 13.6. The van der Waals surface area contributed by atoms with Crippen molar-refractivity contribution in [2.45, 2.75) is 52.3 Å². The molecule has 0 aromatic heterocycles. The molecule has 0 radical (unpaired) electrons. The molecule has 7 nitrogen and oxygen atoms in total. The minimum absolute atomic E-state index is 0.352. The van der Waals surface area contributed by atoms with Crippen LogP contribution in [-0.4, -0.2) is 41.5 Å². The van der Waals surface area contributed by atoms with Gasteiger partial charge in [0.1, 0.15) is 17.7 Å². The molecule has 3 aromatic carbocycles. The molecule has 184 valence electrons. The maximum Gasteiger partial charge on any atom is 0.408 e. The van der Waals surface area contributed by atoms with Crippen molar-refractivity contribution in [2.75, 3.05) is 12.4 Å². The van der Waals surface area contributed by atoms with Crippen LogP contribution < -0.4 is 10.6 Å². The van der Waals surface area contributed by atoms with Gasteiger partial charge in [-0.1, -0.05) is 54.6 Å². The lowest BCUT2D eigenvalue weighted by molar-refractivity contribution is -0.138. The Hall–Kier alpha value is -3.87. The number of amides is 3. The molecule has 0 aliphatic heterocycles. The number of benzene rings is 3. The average Bonchev–Trinajstić information content (AvgIpc) is 2.78. The quantitative estimate of drug-likeness (QED) is 0.513. The molecule has 0 spiro atoms. The summed E-state index contributed by atoms with van der Waals surface area (Å²) in [5.41, 5.74) is 1.51. The number of likely N-dealkylation sites (N-methyl/N-ethyl adjacent to an activating group) is 1. The normalized spacial score (nSPS) is 13.0. The van der Waals surface area contributed by atoms with E-state index in [0.29, 0.717) is 11.3 Å². The third-order valence-corrected chi connectivity index (χ3v) is 5.59. The molecule has 0 saturated heterocycles. The van der Waals surface area contributed by atoms with Crippen LogP contribution in [0, 0.1) is 6.92 Å². The van der Waals surface area contributed by atoms with E-state index >= 15 is 0 Å². The zero-order chi connectivity index (χ0) is 25.8. The number of aryl methyl sites for hydroxylation is 1. The number of rotatable bonds is 6. The fourth-order valence-corrected chi connectivity index (χ4v) is 3.88. The lowest BCUT2D eigenvalue weighted by Gasteiger charge is -2.31. The Morgan fingerprint density at radius 1 is 0.914 bits per heavy atom. The van der Waals surface area contributed by atoms with E-state index in [0.717, 1.165) is 16.3 Å². The lowest BCUT2D eigenvalue weighted by atomic mass is 9.98. The van der Waals surface area contributed by atoms with Crippen LogP contribution in [-0.2, 0) is 14.3 Å². The van der Waals surface area contributed by atoms with E-state index in [9.17, 15) is 14.4 Å². The average molecular weight is 476 g/mol. The predicted octanol–water partition coefficient (Wildman–Crippen LogP) is 5.20. The minimum atomic E-state index is -0.905. The van der Waals surface area contributed by atoms with Gasteiger partial charge in [0.25, 0.3) is 5.91 Å². The van der Waals surface area contributed by atoms with Crippen LogP contribution in [0.25, 0.3) is 10.8 Å². The molecule has 2 unspecified atom stereocenters. The van der Waals surface area contributed by atoms with Gasteiger partial charge >= 0.3 is 6.09 Å². The van der Waals surface area contributed by atoms with Gasteiger partial charge in [-0.05, 0) is 68.7 Å². The number of alkyl carbamates (subject to hydrolysis) is 1. The van der Waals surface area contributed by atoms with Crippen molar-refractivity contribution in [3.63, 3.8) is 0 Å². The molecule has 3 aromatic rings. The number of hydrogen-bond donors (Lipinski definition) is 2. The van der Waals surface area contributed by atoms with Crippen LogP contribution >= 0.6 is 0 Å². The maximum absolute atomic E-state index is 13.6. The summed E-state index contributed by atoms with van der Waals surface area (Å²) in [7, 11) is 1.56. The van der Waals surface area contributed by atoms with Crippen molar-refractivity contribution in [1.29, 1.82) is 0 Å². The van der Waals surface area contributed by atoms with Crippen LogP contribution in [0.15, 0.2) is 66.7 Å². The molecule has 3 amide bonds. The van der Waals surface area contributed by atoms with Gasteiger partial charge in [-0.25, -0.2) is 4.79 Å². The highest BCUT2D eigenvalue weighted by molar-refractivity contribution is 6.00. The molecule has 2 N–H and O–H groups in total. The summed E-state index contributed by atoms with van der Waals surface area (Å²) in [5, 5.41) is 7.59. The molecular weight excluding hydrogens is 442 g/mol. The van der Waals surface area contributed by atoms with Gasteiger partial charge in [-0.2, -0.15) is 0 Å². The smallest absolute Gasteiger partial charge is 0.408 e. The number of nitrogens with one attached hydrogen (secondary N) is 2. The number of hydrogen-bond acceptors (Lipinski definition) is 4. The van der Waals surface area contributed by atoms with E-state index in [1.807, 2.05) is 73.7 Å². The SMILES string of the molecule is Cc1ccccc1C(C(=O)Nc1ccc2ccccc2c1)N(C)C(=O)C(C)NC(=O)OC(C)(C)C. The number of carbonyl (C=O) groups excluding carboxylic acids is 3. The van der Waals surface area contributed by atoms with Crippen molar-refractivity contribution in [3.8, 4) is 0 Å². The first-order chi connectivity index (χ1) is 16.5. The summed E-state index contributed by atoms with van der Waals surface area (Å²) in [4.78, 5) is 40.4. The summed E-state index contributed by atoms with van der Waals surface area (Å²) in [6, 6.07) is 19.2. The molecule has 2 atom stereocenters. The second-order valence-corrected chi connectivity index (χ2v) is 9.63. The summed E-state index contributed by atoms with van der Waals surface area (Å²) < 4.78 is 5.26. The standard InChI is InChI=1S/C28H33N3O4/c1-18-11-7-10-14-23(18)24(31(6)26(33)19(2)29-27(34)35-28(3,4)5)25(32)30-22-16-15-20-12-8-9-13-21(20)17-22/h7-17,19,24H,1-6H3,(H,29,34)(H,30,32). The van der Waals surface area contributed by atoms with Gasteiger partial charge < -0.3 is 20.3 Å². The van der Waals surface area contributed by atoms with Gasteiger partial charge in [0, 0.05) is 12.7 Å². The molecule has 0 aliphatic carbocycles. The number of nitrogens with zero attached hydrogens (tertiary/aromatic N) is 1. The van der Waals surface area contributed by atoms with Crippen molar-refractivity contribution < 1.29 is 19.1 Å². The minimum Gasteiger partial charge on any atom is -0.444 e. The van der Waals surface area contributed by atoms with Crippen LogP contribution in [0.5, 0.6) is 0 Å². The Kier molecular flexibility index (Phi) is 7.79. The van der Waals surface area contributed by atoms with Gasteiger partial charge in [0.15, 0.2) is 0 Å². The fraction of sp³-hybridized carbons (Fsp3) is 0.321. The third-order valence-electron chi connectivity index (χ3n) is 5.59. The number of fused-ring (bicyclic) bond motifs is 1. The zero-order valence-electron chi connectivity index (χ0n) is 21.1. The highest BCUT2D eigenvalue weighted by Crippen LogP contribution is 2.26. The van der Waals surface area contributed by atoms with Gasteiger partial charge in [-0.3, -0.25) is 9.59 Å².